The lowest BCUT2D eigenvalue weighted by Crippen LogP contribution is -3.00. The second kappa shape index (κ2) is 9.58. The van der Waals surface area contributed by atoms with Crippen molar-refractivity contribution in [1.82, 2.24) is 5.32 Å². The zero-order valence-electron chi connectivity index (χ0n) is 9.09. The molecule has 0 heterocycles. The van der Waals surface area contributed by atoms with Gasteiger partial charge in [-0.15, -0.1) is 0 Å². The number of unbranched alkanes of at least 4 members (excludes halogenated alkanes) is 1. The highest BCUT2D eigenvalue weighted by atomic mass is 35.5. The van der Waals surface area contributed by atoms with Crippen LogP contribution in [0.2, 0.25) is 0 Å². The zero-order chi connectivity index (χ0) is 10.1. The number of hydrogen-bond acceptors (Lipinski definition) is 1. The molecule has 0 bridgehead atoms. The summed E-state index contributed by atoms with van der Waals surface area (Å²) >= 11 is 0. The van der Waals surface area contributed by atoms with Crippen LogP contribution >= 0.6 is 0 Å². The van der Waals surface area contributed by atoms with E-state index in [1.165, 1.54) is 12.8 Å². The molecule has 1 N–H and O–H groups in total. The average molecular weight is 223 g/mol. The van der Waals surface area contributed by atoms with Gasteiger partial charge in [-0.25, -0.2) is 0 Å². The van der Waals surface area contributed by atoms with Crippen molar-refractivity contribution < 1.29 is 12.4 Å². The maximum absolute atomic E-state index is 3.28. The van der Waals surface area contributed by atoms with Gasteiger partial charge in [-0.1, -0.05) is 43.4 Å². The van der Waals surface area contributed by atoms with Gasteiger partial charge in [0.25, 0.3) is 0 Å². The molecule has 0 fully saturated rings. The molecule has 0 saturated carbocycles. The van der Waals surface area contributed by atoms with Crippen LogP contribution in [-0.4, -0.2) is 13.1 Å². The summed E-state index contributed by atoms with van der Waals surface area (Å²) in [5.74, 6) is 6.21. The van der Waals surface area contributed by atoms with Crippen LogP contribution in [0.25, 0.3) is 0 Å². The first-order chi connectivity index (χ1) is 6.93. The Balaban J connectivity index is 0.00000196. The van der Waals surface area contributed by atoms with Crippen molar-refractivity contribution >= 4 is 0 Å². The Morgan fingerprint density at radius 2 is 1.93 bits per heavy atom. The Morgan fingerprint density at radius 1 is 1.20 bits per heavy atom. The maximum atomic E-state index is 3.28. The molecule has 82 valence electrons. The van der Waals surface area contributed by atoms with Gasteiger partial charge < -0.3 is 17.7 Å². The van der Waals surface area contributed by atoms with Crippen LogP contribution in [0.5, 0.6) is 0 Å². The molecular formula is C13H17ClN-. The van der Waals surface area contributed by atoms with Gasteiger partial charge in [0.1, 0.15) is 0 Å². The lowest BCUT2D eigenvalue weighted by atomic mass is 10.2. The summed E-state index contributed by atoms with van der Waals surface area (Å²) in [4.78, 5) is 0. The molecule has 0 aliphatic carbocycles. The summed E-state index contributed by atoms with van der Waals surface area (Å²) in [6, 6.07) is 10.1. The molecule has 0 aliphatic rings. The van der Waals surface area contributed by atoms with Crippen LogP contribution < -0.4 is 17.7 Å². The van der Waals surface area contributed by atoms with Gasteiger partial charge in [-0.3, -0.25) is 0 Å². The Bertz CT molecular complexity index is 297. The molecule has 0 amide bonds. The Kier molecular flexibility index (Phi) is 8.96. The van der Waals surface area contributed by atoms with Gasteiger partial charge in [-0.2, -0.15) is 0 Å². The van der Waals surface area contributed by atoms with Gasteiger partial charge in [0, 0.05) is 5.56 Å². The van der Waals surface area contributed by atoms with E-state index in [0.29, 0.717) is 0 Å². The van der Waals surface area contributed by atoms with E-state index in [4.69, 9.17) is 0 Å². The van der Waals surface area contributed by atoms with Gasteiger partial charge in [0.15, 0.2) is 0 Å². The van der Waals surface area contributed by atoms with Crippen LogP contribution in [0.15, 0.2) is 30.3 Å². The van der Waals surface area contributed by atoms with E-state index in [9.17, 15) is 0 Å². The molecule has 15 heavy (non-hydrogen) atoms. The van der Waals surface area contributed by atoms with E-state index in [1.54, 1.807) is 0 Å². The van der Waals surface area contributed by atoms with Crippen molar-refractivity contribution in [3.63, 3.8) is 0 Å². The van der Waals surface area contributed by atoms with E-state index in [-0.39, 0.29) is 12.4 Å². The SMILES string of the molecule is CCCCNCC#Cc1ccccc1.[Cl-]. The molecule has 0 unspecified atom stereocenters. The van der Waals surface area contributed by atoms with Crippen molar-refractivity contribution in [2.45, 2.75) is 19.8 Å². The highest BCUT2D eigenvalue weighted by Gasteiger charge is 1.82. The summed E-state index contributed by atoms with van der Waals surface area (Å²) in [5, 5.41) is 3.28. The summed E-state index contributed by atoms with van der Waals surface area (Å²) in [6.07, 6.45) is 2.46. The van der Waals surface area contributed by atoms with Gasteiger partial charge >= 0.3 is 0 Å². The quantitative estimate of drug-likeness (QED) is 0.532. The highest BCUT2D eigenvalue weighted by Crippen LogP contribution is 1.94. The predicted octanol–water partition coefficient (Wildman–Crippen LogP) is -0.568. The summed E-state index contributed by atoms with van der Waals surface area (Å²) in [5.41, 5.74) is 1.09. The second-order valence-electron chi connectivity index (χ2n) is 3.20. The van der Waals surface area contributed by atoms with Crippen LogP contribution in [0.1, 0.15) is 25.3 Å². The maximum Gasteiger partial charge on any atom is 0.0580 e. The van der Waals surface area contributed by atoms with Crippen LogP contribution in [0.3, 0.4) is 0 Å². The number of nitrogens with one attached hydrogen (secondary N) is 1. The highest BCUT2D eigenvalue weighted by molar-refractivity contribution is 5.33. The van der Waals surface area contributed by atoms with Gasteiger partial charge in [-0.05, 0) is 25.1 Å². The number of hydrogen-bond donors (Lipinski definition) is 1. The number of halogens is 1. The summed E-state index contributed by atoms with van der Waals surface area (Å²) in [6.45, 7) is 4.05. The summed E-state index contributed by atoms with van der Waals surface area (Å²) in [7, 11) is 0. The van der Waals surface area contributed by atoms with E-state index < -0.39 is 0 Å². The van der Waals surface area contributed by atoms with Crippen LogP contribution in [-0.2, 0) is 0 Å². The number of benzene rings is 1. The first-order valence-corrected chi connectivity index (χ1v) is 5.18. The lowest BCUT2D eigenvalue weighted by molar-refractivity contribution is -0.00000294. The van der Waals surface area contributed by atoms with Crippen molar-refractivity contribution in [2.75, 3.05) is 13.1 Å². The minimum absolute atomic E-state index is 0. The fourth-order valence-electron chi connectivity index (χ4n) is 1.12. The first kappa shape index (κ1) is 14.0. The van der Waals surface area contributed by atoms with E-state index in [0.717, 1.165) is 18.7 Å². The monoisotopic (exact) mass is 222 g/mol. The topological polar surface area (TPSA) is 12.0 Å². The molecule has 1 aromatic rings. The fourth-order valence-corrected chi connectivity index (χ4v) is 1.12. The van der Waals surface area contributed by atoms with Crippen molar-refractivity contribution in [2.24, 2.45) is 0 Å². The molecule has 0 aliphatic heterocycles. The third-order valence-corrected chi connectivity index (χ3v) is 1.93. The molecule has 0 atom stereocenters. The molecule has 2 heteroatoms. The molecule has 1 rings (SSSR count). The van der Waals surface area contributed by atoms with Crippen molar-refractivity contribution in [3.8, 4) is 11.8 Å². The average Bonchev–Trinajstić information content (AvgIpc) is 2.25. The third kappa shape index (κ3) is 7.02. The molecular weight excluding hydrogens is 206 g/mol. The Labute approximate surface area is 98.7 Å². The molecule has 1 aromatic carbocycles. The normalized spacial score (nSPS) is 8.60. The standard InChI is InChI=1S/C13H17N.ClH/c1-2-3-11-14-12-7-10-13-8-5-4-6-9-13;/h4-6,8-9,14H,2-3,11-12H2,1H3;1H/p-1. The van der Waals surface area contributed by atoms with Crippen LogP contribution in [0.4, 0.5) is 0 Å². The minimum atomic E-state index is 0. The van der Waals surface area contributed by atoms with E-state index >= 15 is 0 Å². The lowest BCUT2D eigenvalue weighted by Gasteiger charge is -1.95. The molecule has 1 nitrogen and oxygen atoms in total. The smallest absolute Gasteiger partial charge is 0.0580 e. The molecule has 0 spiro atoms. The first-order valence-electron chi connectivity index (χ1n) is 5.18. The molecule has 0 saturated heterocycles. The fraction of sp³-hybridized carbons (Fsp3) is 0.385. The minimum Gasteiger partial charge on any atom is -1.00 e. The molecule has 0 aromatic heterocycles. The third-order valence-electron chi connectivity index (χ3n) is 1.93. The second-order valence-corrected chi connectivity index (χ2v) is 3.20. The molecule has 0 radical (unpaired) electrons. The summed E-state index contributed by atoms with van der Waals surface area (Å²) < 4.78 is 0. The Morgan fingerprint density at radius 3 is 2.60 bits per heavy atom. The van der Waals surface area contributed by atoms with Gasteiger partial charge in [0.05, 0.1) is 6.54 Å². The number of rotatable bonds is 4. The zero-order valence-corrected chi connectivity index (χ0v) is 9.85. The predicted molar refractivity (Wildman–Crippen MR) is 61.1 cm³/mol. The van der Waals surface area contributed by atoms with Gasteiger partial charge in [0.2, 0.25) is 0 Å². The van der Waals surface area contributed by atoms with Crippen molar-refractivity contribution in [1.29, 1.82) is 0 Å². The van der Waals surface area contributed by atoms with E-state index in [2.05, 4.69) is 24.1 Å². The largest absolute Gasteiger partial charge is 1.00 e. The Hall–Kier alpha value is -0.970. The van der Waals surface area contributed by atoms with E-state index in [1.807, 2.05) is 30.3 Å². The van der Waals surface area contributed by atoms with Crippen molar-refractivity contribution in [3.05, 3.63) is 35.9 Å². The van der Waals surface area contributed by atoms with Crippen LogP contribution in [0, 0.1) is 11.8 Å².